The number of rotatable bonds is 2. The second kappa shape index (κ2) is 5.41. The first kappa shape index (κ1) is 13.6. The lowest BCUT2D eigenvalue weighted by Gasteiger charge is -2.14. The van der Waals surface area contributed by atoms with Gasteiger partial charge in [-0.15, -0.1) is 11.3 Å². The second-order valence-corrected chi connectivity index (χ2v) is 7.63. The van der Waals surface area contributed by atoms with Gasteiger partial charge < -0.3 is 5.73 Å². The molecule has 0 saturated carbocycles. The van der Waals surface area contributed by atoms with E-state index in [-0.39, 0.29) is 6.04 Å². The molecule has 0 aliphatic rings. The van der Waals surface area contributed by atoms with Crippen molar-refractivity contribution in [1.29, 1.82) is 0 Å². The summed E-state index contributed by atoms with van der Waals surface area (Å²) in [5, 5.41) is 0.700. The molecule has 2 aromatic rings. The van der Waals surface area contributed by atoms with E-state index in [1.165, 1.54) is 4.88 Å². The Morgan fingerprint density at radius 3 is 2.53 bits per heavy atom. The van der Waals surface area contributed by atoms with E-state index in [2.05, 4.69) is 44.8 Å². The van der Waals surface area contributed by atoms with E-state index in [4.69, 9.17) is 17.3 Å². The Labute approximate surface area is 126 Å². The number of aryl methyl sites for hydroxylation is 1. The summed E-state index contributed by atoms with van der Waals surface area (Å²) in [6.07, 6.45) is 0. The highest BCUT2D eigenvalue weighted by Gasteiger charge is 2.16. The normalized spacial score (nSPS) is 12.8. The molecule has 5 heteroatoms. The molecule has 1 heterocycles. The molecule has 0 saturated heterocycles. The van der Waals surface area contributed by atoms with Gasteiger partial charge in [-0.25, -0.2) is 0 Å². The molecule has 0 spiro atoms. The minimum atomic E-state index is -0.161. The van der Waals surface area contributed by atoms with Crippen molar-refractivity contribution in [3.05, 3.63) is 53.6 Å². The van der Waals surface area contributed by atoms with Crippen molar-refractivity contribution in [2.45, 2.75) is 13.0 Å². The highest BCUT2D eigenvalue weighted by Crippen LogP contribution is 2.35. The number of nitrogens with two attached hydrogens (primary N) is 1. The minimum Gasteiger partial charge on any atom is -0.320 e. The summed E-state index contributed by atoms with van der Waals surface area (Å²) in [6.45, 7) is 2.07. The van der Waals surface area contributed by atoms with Crippen LogP contribution in [0, 0.1) is 6.92 Å². The lowest BCUT2D eigenvalue weighted by molar-refractivity contribution is 0.863. The van der Waals surface area contributed by atoms with Crippen LogP contribution in [-0.4, -0.2) is 0 Å². The van der Waals surface area contributed by atoms with E-state index in [1.807, 2.05) is 18.2 Å². The van der Waals surface area contributed by atoms with Crippen molar-refractivity contribution in [2.75, 3.05) is 0 Å². The molecule has 1 aromatic carbocycles. The van der Waals surface area contributed by atoms with E-state index in [1.54, 1.807) is 11.3 Å². The largest absolute Gasteiger partial charge is 0.320 e. The van der Waals surface area contributed by atoms with Crippen LogP contribution in [-0.2, 0) is 0 Å². The van der Waals surface area contributed by atoms with E-state index in [9.17, 15) is 0 Å². The fourth-order valence-corrected chi connectivity index (χ4v) is 4.12. The minimum absolute atomic E-state index is 0.161. The van der Waals surface area contributed by atoms with Crippen molar-refractivity contribution in [3.8, 4) is 0 Å². The fourth-order valence-electron chi connectivity index (χ4n) is 1.69. The van der Waals surface area contributed by atoms with Crippen LogP contribution in [0.5, 0.6) is 0 Å². The van der Waals surface area contributed by atoms with Crippen LogP contribution in [0.1, 0.15) is 22.0 Å². The fraction of sp³-hybridized carbons (Fsp3) is 0.167. The van der Waals surface area contributed by atoms with Crippen LogP contribution in [0.25, 0.3) is 0 Å². The van der Waals surface area contributed by atoms with Gasteiger partial charge in [0.05, 0.1) is 9.83 Å². The molecule has 17 heavy (non-hydrogen) atoms. The molecular formula is C12H10Br2ClNS. The van der Waals surface area contributed by atoms with Gasteiger partial charge in [-0.2, -0.15) is 0 Å². The lowest BCUT2D eigenvalue weighted by Crippen LogP contribution is -2.12. The molecule has 0 radical (unpaired) electrons. The van der Waals surface area contributed by atoms with Gasteiger partial charge in [-0.3, -0.25) is 0 Å². The van der Waals surface area contributed by atoms with Crippen LogP contribution in [0.15, 0.2) is 32.5 Å². The molecule has 90 valence electrons. The van der Waals surface area contributed by atoms with Gasteiger partial charge in [0.2, 0.25) is 0 Å². The highest BCUT2D eigenvalue weighted by atomic mass is 79.9. The number of thiophene rings is 1. The van der Waals surface area contributed by atoms with E-state index in [0.717, 1.165) is 19.4 Å². The Bertz CT molecular complexity index is 553. The Kier molecular flexibility index (Phi) is 4.31. The van der Waals surface area contributed by atoms with E-state index < -0.39 is 0 Å². The Balaban J connectivity index is 2.46. The summed E-state index contributed by atoms with van der Waals surface area (Å²) in [7, 11) is 0. The first-order valence-corrected chi connectivity index (χ1v) is 7.73. The Hall–Kier alpha value is 0.130. The highest BCUT2D eigenvalue weighted by molar-refractivity contribution is 9.11. The molecule has 1 aromatic heterocycles. The molecule has 0 fully saturated rings. The summed E-state index contributed by atoms with van der Waals surface area (Å²) in [5.74, 6) is 0. The van der Waals surface area contributed by atoms with Crippen molar-refractivity contribution in [3.63, 3.8) is 0 Å². The molecule has 0 bridgehead atoms. The van der Waals surface area contributed by atoms with Crippen molar-refractivity contribution in [1.82, 2.24) is 0 Å². The third-order valence-electron chi connectivity index (χ3n) is 2.55. The van der Waals surface area contributed by atoms with Crippen LogP contribution in [0.4, 0.5) is 0 Å². The molecule has 0 aliphatic carbocycles. The number of benzene rings is 1. The van der Waals surface area contributed by atoms with Gasteiger partial charge in [0.25, 0.3) is 0 Å². The summed E-state index contributed by atoms with van der Waals surface area (Å²) in [5.41, 5.74) is 8.43. The Morgan fingerprint density at radius 1 is 1.24 bits per heavy atom. The number of hydrogen-bond donors (Lipinski definition) is 1. The topological polar surface area (TPSA) is 26.0 Å². The quantitative estimate of drug-likeness (QED) is 0.735. The number of halogens is 3. The van der Waals surface area contributed by atoms with Crippen LogP contribution < -0.4 is 5.73 Å². The zero-order chi connectivity index (χ0) is 12.6. The van der Waals surface area contributed by atoms with E-state index in [0.29, 0.717) is 5.02 Å². The zero-order valence-corrected chi connectivity index (χ0v) is 13.8. The zero-order valence-electron chi connectivity index (χ0n) is 9.01. The Morgan fingerprint density at radius 2 is 1.94 bits per heavy atom. The first-order chi connectivity index (χ1) is 7.99. The third kappa shape index (κ3) is 2.93. The van der Waals surface area contributed by atoms with Crippen LogP contribution in [0.2, 0.25) is 5.02 Å². The molecule has 1 nitrogen and oxygen atoms in total. The maximum Gasteiger partial charge on any atom is 0.0704 e. The maximum absolute atomic E-state index is 6.30. The van der Waals surface area contributed by atoms with Gasteiger partial charge in [0.1, 0.15) is 0 Å². The standard InChI is InChI=1S/C12H10Br2ClNS/c1-6-8(5-11(14)17-6)12(16)9-4-7(15)2-3-10(9)13/h2-5,12H,16H2,1H3. The van der Waals surface area contributed by atoms with Crippen molar-refractivity contribution >= 4 is 54.8 Å². The molecule has 1 atom stereocenters. The monoisotopic (exact) mass is 393 g/mol. The third-order valence-corrected chi connectivity index (χ3v) is 5.08. The maximum atomic E-state index is 6.30. The smallest absolute Gasteiger partial charge is 0.0704 e. The van der Waals surface area contributed by atoms with Gasteiger partial charge in [0, 0.05) is 14.4 Å². The second-order valence-electron chi connectivity index (χ2n) is 3.71. The molecule has 1 unspecified atom stereocenters. The molecular weight excluding hydrogens is 385 g/mol. The van der Waals surface area contributed by atoms with Gasteiger partial charge >= 0.3 is 0 Å². The predicted molar refractivity (Wildman–Crippen MR) is 81.9 cm³/mol. The van der Waals surface area contributed by atoms with Crippen LogP contribution >= 0.6 is 54.8 Å². The SMILES string of the molecule is Cc1sc(Br)cc1C(N)c1cc(Cl)ccc1Br. The summed E-state index contributed by atoms with van der Waals surface area (Å²) < 4.78 is 2.08. The van der Waals surface area contributed by atoms with E-state index >= 15 is 0 Å². The summed E-state index contributed by atoms with van der Waals surface area (Å²) in [4.78, 5) is 1.22. The summed E-state index contributed by atoms with van der Waals surface area (Å²) >= 11 is 14.7. The van der Waals surface area contributed by atoms with Gasteiger partial charge in [-0.05, 0) is 58.2 Å². The molecule has 0 aliphatic heterocycles. The molecule has 2 N–H and O–H groups in total. The predicted octanol–water partition coefficient (Wildman–Crippen LogP) is 5.28. The summed E-state index contributed by atoms with van der Waals surface area (Å²) in [6, 6.07) is 7.58. The van der Waals surface area contributed by atoms with Gasteiger partial charge in [-0.1, -0.05) is 27.5 Å². The molecule has 0 amide bonds. The van der Waals surface area contributed by atoms with Crippen LogP contribution in [0.3, 0.4) is 0 Å². The van der Waals surface area contributed by atoms with Crippen molar-refractivity contribution in [2.24, 2.45) is 5.73 Å². The van der Waals surface area contributed by atoms with Gasteiger partial charge in [0.15, 0.2) is 0 Å². The number of hydrogen-bond acceptors (Lipinski definition) is 2. The molecule has 2 rings (SSSR count). The first-order valence-electron chi connectivity index (χ1n) is 4.95. The average Bonchev–Trinajstić information content (AvgIpc) is 2.60. The lowest BCUT2D eigenvalue weighted by atomic mass is 10.0. The van der Waals surface area contributed by atoms with Crippen molar-refractivity contribution < 1.29 is 0 Å². The average molecular weight is 396 g/mol.